The maximum absolute atomic E-state index is 13.2. The Hall–Kier alpha value is -1.92. The highest BCUT2D eigenvalue weighted by Crippen LogP contribution is 2.48. The summed E-state index contributed by atoms with van der Waals surface area (Å²) in [5, 5.41) is 0.505. The van der Waals surface area contributed by atoms with Crippen LogP contribution in [-0.4, -0.2) is 60.8 Å². The number of nitrogens with zero attached hydrogens (tertiary/aromatic N) is 2. The molecule has 1 saturated heterocycles. The maximum atomic E-state index is 13.2. The molecule has 6 nitrogen and oxygen atoms in total. The molecule has 0 radical (unpaired) electrons. The largest absolute Gasteiger partial charge is 0.483 e. The summed E-state index contributed by atoms with van der Waals surface area (Å²) in [6.45, 7) is 9.71. The van der Waals surface area contributed by atoms with Gasteiger partial charge in [-0.05, 0) is 56.7 Å². The normalized spacial score (nSPS) is 20.7. The first-order chi connectivity index (χ1) is 16.1. The van der Waals surface area contributed by atoms with Gasteiger partial charge < -0.3 is 14.2 Å². The zero-order valence-corrected chi connectivity index (χ0v) is 21.8. The molecule has 1 fully saturated rings. The molecular weight excluding hydrogens is 478 g/mol. The number of ether oxygens (including phenoxy) is 1. The maximum Gasteiger partial charge on any atom is 0.260 e. The van der Waals surface area contributed by atoms with Crippen molar-refractivity contribution in [2.75, 3.05) is 33.0 Å². The fourth-order valence-electron chi connectivity index (χ4n) is 4.25. The highest BCUT2D eigenvalue weighted by Gasteiger charge is 2.32. The SMILES string of the molecule is CCOP(C)(=O)Cc1cc(Cl)ccc1OCC(=O)N1CC(C)N(Cc2ccc(F)cc2)C[C@@H]1C. The topological polar surface area (TPSA) is 59.1 Å². The molecule has 3 atom stereocenters. The van der Waals surface area contributed by atoms with Gasteiger partial charge in [0.15, 0.2) is 6.61 Å². The second kappa shape index (κ2) is 11.7. The van der Waals surface area contributed by atoms with E-state index < -0.39 is 7.37 Å². The van der Waals surface area contributed by atoms with Crippen LogP contribution in [0.15, 0.2) is 42.5 Å². The van der Waals surface area contributed by atoms with Crippen LogP contribution in [0.25, 0.3) is 0 Å². The lowest BCUT2D eigenvalue weighted by Gasteiger charge is -2.44. The quantitative estimate of drug-likeness (QED) is 0.421. The minimum absolute atomic E-state index is 0.00579. The zero-order valence-electron chi connectivity index (χ0n) is 20.2. The highest BCUT2D eigenvalue weighted by molar-refractivity contribution is 7.57. The number of carbonyl (C=O) groups is 1. The van der Waals surface area contributed by atoms with Gasteiger partial charge in [0.05, 0.1) is 12.8 Å². The number of hydrogen-bond donors (Lipinski definition) is 0. The van der Waals surface area contributed by atoms with E-state index in [-0.39, 0.29) is 36.6 Å². The van der Waals surface area contributed by atoms with Crippen LogP contribution < -0.4 is 4.74 Å². The van der Waals surface area contributed by atoms with Crippen molar-refractivity contribution >= 4 is 24.9 Å². The molecule has 1 aliphatic heterocycles. The number of halogens is 2. The van der Waals surface area contributed by atoms with Crippen LogP contribution in [0.3, 0.4) is 0 Å². The Morgan fingerprint density at radius 3 is 2.53 bits per heavy atom. The van der Waals surface area contributed by atoms with Crippen molar-refractivity contribution in [2.45, 2.75) is 45.6 Å². The molecule has 1 amide bonds. The molecule has 9 heteroatoms. The van der Waals surface area contributed by atoms with E-state index >= 15 is 0 Å². The van der Waals surface area contributed by atoms with Crippen molar-refractivity contribution in [3.05, 3.63) is 64.4 Å². The number of carbonyl (C=O) groups excluding carboxylic acids is 1. The summed E-state index contributed by atoms with van der Waals surface area (Å²) in [6, 6.07) is 11.8. The van der Waals surface area contributed by atoms with E-state index in [4.69, 9.17) is 20.9 Å². The first-order valence-electron chi connectivity index (χ1n) is 11.5. The Labute approximate surface area is 206 Å². The van der Waals surface area contributed by atoms with Gasteiger partial charge in [0, 0.05) is 49.0 Å². The van der Waals surface area contributed by atoms with E-state index in [1.165, 1.54) is 12.1 Å². The molecule has 0 bridgehead atoms. The summed E-state index contributed by atoms with van der Waals surface area (Å²) in [7, 11) is -2.85. The summed E-state index contributed by atoms with van der Waals surface area (Å²) in [4.78, 5) is 17.2. The van der Waals surface area contributed by atoms with Gasteiger partial charge in [0.2, 0.25) is 7.37 Å². The van der Waals surface area contributed by atoms with Gasteiger partial charge in [-0.3, -0.25) is 14.3 Å². The van der Waals surface area contributed by atoms with Crippen LogP contribution in [0, 0.1) is 5.82 Å². The highest BCUT2D eigenvalue weighted by atomic mass is 35.5. The molecule has 0 aliphatic carbocycles. The standard InChI is InChI=1S/C25H33ClFN2O4P/c1-5-33-34(4,31)17-21-12-22(26)8-11-24(21)32-16-25(30)29-14-18(2)28(13-19(29)3)15-20-6-9-23(27)10-7-20/h6-12,18-19H,5,13-17H2,1-4H3/t18?,19-,34?/m0/s1. The van der Waals surface area contributed by atoms with Crippen LogP contribution in [0.2, 0.25) is 5.02 Å². The van der Waals surface area contributed by atoms with Crippen LogP contribution in [0.4, 0.5) is 4.39 Å². The Kier molecular flexibility index (Phi) is 9.16. The van der Waals surface area contributed by atoms with Crippen molar-refractivity contribution in [1.29, 1.82) is 0 Å². The summed E-state index contributed by atoms with van der Waals surface area (Å²) in [5.41, 5.74) is 1.70. The van der Waals surface area contributed by atoms with Crippen molar-refractivity contribution < 1.29 is 23.0 Å². The van der Waals surface area contributed by atoms with Crippen LogP contribution >= 0.6 is 19.0 Å². The Morgan fingerprint density at radius 2 is 1.85 bits per heavy atom. The number of amides is 1. The molecule has 1 aliphatic rings. The summed E-state index contributed by atoms with van der Waals surface area (Å²) in [6.07, 6.45) is 0.181. The number of piperazine rings is 1. The molecule has 3 rings (SSSR count). The minimum Gasteiger partial charge on any atom is -0.483 e. The smallest absolute Gasteiger partial charge is 0.260 e. The Morgan fingerprint density at radius 1 is 1.15 bits per heavy atom. The van der Waals surface area contributed by atoms with Gasteiger partial charge >= 0.3 is 0 Å². The lowest BCUT2D eigenvalue weighted by Crippen LogP contribution is -2.58. The van der Waals surface area contributed by atoms with Gasteiger partial charge in [-0.25, -0.2) is 4.39 Å². The van der Waals surface area contributed by atoms with Crippen molar-refractivity contribution in [3.63, 3.8) is 0 Å². The number of benzene rings is 2. The van der Waals surface area contributed by atoms with E-state index in [1.807, 2.05) is 11.8 Å². The van der Waals surface area contributed by atoms with Crippen LogP contribution in [0.5, 0.6) is 5.75 Å². The van der Waals surface area contributed by atoms with Crippen LogP contribution in [0.1, 0.15) is 31.9 Å². The molecule has 34 heavy (non-hydrogen) atoms. The lowest BCUT2D eigenvalue weighted by molar-refractivity contribution is -0.139. The monoisotopic (exact) mass is 510 g/mol. The molecule has 0 spiro atoms. The third-order valence-corrected chi connectivity index (χ3v) is 7.92. The molecule has 1 heterocycles. The van der Waals surface area contributed by atoms with Crippen molar-refractivity contribution in [3.8, 4) is 5.75 Å². The number of hydrogen-bond acceptors (Lipinski definition) is 5. The second-order valence-electron chi connectivity index (χ2n) is 8.93. The summed E-state index contributed by atoms with van der Waals surface area (Å²) >= 11 is 6.14. The first kappa shape index (κ1) is 26.7. The average Bonchev–Trinajstić information content (AvgIpc) is 2.76. The fraction of sp³-hybridized carbons (Fsp3) is 0.480. The Balaban J connectivity index is 1.61. The van der Waals surface area contributed by atoms with E-state index in [1.54, 1.807) is 43.9 Å². The molecule has 0 N–H and O–H groups in total. The molecule has 2 aromatic rings. The molecule has 2 aromatic carbocycles. The molecule has 0 saturated carbocycles. The zero-order chi connectivity index (χ0) is 24.9. The lowest BCUT2D eigenvalue weighted by atomic mass is 10.1. The third-order valence-electron chi connectivity index (χ3n) is 5.97. The third kappa shape index (κ3) is 7.29. The van der Waals surface area contributed by atoms with E-state index in [0.29, 0.717) is 42.6 Å². The number of rotatable bonds is 9. The molecule has 2 unspecified atom stereocenters. The Bertz CT molecular complexity index is 1040. The minimum atomic E-state index is -2.85. The van der Waals surface area contributed by atoms with Gasteiger partial charge in [0.25, 0.3) is 5.91 Å². The van der Waals surface area contributed by atoms with E-state index in [2.05, 4.69) is 11.8 Å². The first-order valence-corrected chi connectivity index (χ1v) is 14.1. The molecule has 186 valence electrons. The van der Waals surface area contributed by atoms with Gasteiger partial charge in [-0.2, -0.15) is 0 Å². The summed E-state index contributed by atoms with van der Waals surface area (Å²) < 4.78 is 37.1. The van der Waals surface area contributed by atoms with E-state index in [0.717, 1.165) is 5.56 Å². The fourth-order valence-corrected chi connectivity index (χ4v) is 5.95. The van der Waals surface area contributed by atoms with Gasteiger partial charge in [-0.15, -0.1) is 0 Å². The average molecular weight is 511 g/mol. The predicted octanol–water partition coefficient (Wildman–Crippen LogP) is 5.42. The van der Waals surface area contributed by atoms with Gasteiger partial charge in [-0.1, -0.05) is 23.7 Å². The van der Waals surface area contributed by atoms with E-state index in [9.17, 15) is 13.8 Å². The summed E-state index contributed by atoms with van der Waals surface area (Å²) in [5.74, 6) is 0.130. The van der Waals surface area contributed by atoms with Crippen molar-refractivity contribution in [2.24, 2.45) is 0 Å². The molecule has 0 aromatic heterocycles. The predicted molar refractivity (Wildman–Crippen MR) is 133 cm³/mol. The van der Waals surface area contributed by atoms with Crippen molar-refractivity contribution in [1.82, 2.24) is 9.80 Å². The van der Waals surface area contributed by atoms with Crippen LogP contribution in [-0.2, 0) is 26.6 Å². The van der Waals surface area contributed by atoms with Gasteiger partial charge in [0.1, 0.15) is 11.6 Å². The molecular formula is C25H33ClFN2O4P. The second-order valence-corrected chi connectivity index (χ2v) is 12.0.